The summed E-state index contributed by atoms with van der Waals surface area (Å²) in [6.45, 7) is 9.41. The quantitative estimate of drug-likeness (QED) is 0.0169. The van der Waals surface area contributed by atoms with Gasteiger partial charge in [-0.05, 0) is 88.9 Å². The van der Waals surface area contributed by atoms with Crippen molar-refractivity contribution in [1.29, 1.82) is 0 Å². The van der Waals surface area contributed by atoms with Crippen LogP contribution >= 0.6 is 15.6 Å². The largest absolute Gasteiger partial charge is 0.472 e. The highest BCUT2D eigenvalue weighted by Crippen LogP contribution is 2.45. The van der Waals surface area contributed by atoms with Crippen LogP contribution in [0.15, 0.2) is 48.6 Å². The van der Waals surface area contributed by atoms with Crippen molar-refractivity contribution in [2.45, 2.75) is 355 Å². The first-order chi connectivity index (χ1) is 45.4. The molecule has 0 aromatic carbocycles. The maximum Gasteiger partial charge on any atom is 0.472 e. The van der Waals surface area contributed by atoms with Gasteiger partial charge in [0.25, 0.3) is 0 Å². The summed E-state index contributed by atoms with van der Waals surface area (Å²) in [5, 5.41) is 10.6. The number of phosphoric acid groups is 2. The Labute approximate surface area is 572 Å². The van der Waals surface area contributed by atoms with E-state index in [4.69, 9.17) is 37.0 Å². The lowest BCUT2D eigenvalue weighted by Gasteiger charge is -2.21. The van der Waals surface area contributed by atoms with Gasteiger partial charge in [0.1, 0.15) is 19.3 Å². The third-order valence-corrected chi connectivity index (χ3v) is 18.5. The number of esters is 4. The number of aliphatic hydroxyl groups excluding tert-OH is 1. The number of hydrogen-bond acceptors (Lipinski definition) is 15. The van der Waals surface area contributed by atoms with Crippen LogP contribution in [-0.4, -0.2) is 96.7 Å². The lowest BCUT2D eigenvalue weighted by Crippen LogP contribution is -2.30. The van der Waals surface area contributed by atoms with Gasteiger partial charge in [0.05, 0.1) is 26.4 Å². The summed E-state index contributed by atoms with van der Waals surface area (Å²) >= 11 is 0. The van der Waals surface area contributed by atoms with Gasteiger partial charge in [-0.3, -0.25) is 37.3 Å². The highest BCUT2D eigenvalue weighted by Gasteiger charge is 2.30. The number of allylic oxidation sites excluding steroid dienone is 8. The Kier molecular flexibility index (Phi) is 63.8. The van der Waals surface area contributed by atoms with E-state index in [1.165, 1.54) is 122 Å². The van der Waals surface area contributed by atoms with Crippen molar-refractivity contribution in [1.82, 2.24) is 0 Å². The second kappa shape index (κ2) is 65.9. The number of carbonyl (C=O) groups is 4. The lowest BCUT2D eigenvalue weighted by atomic mass is 10.00. The van der Waals surface area contributed by atoms with Gasteiger partial charge in [-0.25, -0.2) is 9.13 Å². The molecule has 94 heavy (non-hydrogen) atoms. The van der Waals surface area contributed by atoms with Crippen LogP contribution in [0.2, 0.25) is 0 Å². The van der Waals surface area contributed by atoms with Crippen molar-refractivity contribution in [3.63, 3.8) is 0 Å². The van der Waals surface area contributed by atoms with Crippen molar-refractivity contribution in [3.05, 3.63) is 48.6 Å². The number of phosphoric ester groups is 2. The van der Waals surface area contributed by atoms with Gasteiger partial charge >= 0.3 is 39.5 Å². The predicted octanol–water partition coefficient (Wildman–Crippen LogP) is 21.0. The Morgan fingerprint density at radius 3 is 0.947 bits per heavy atom. The molecule has 0 spiro atoms. The van der Waals surface area contributed by atoms with E-state index in [0.29, 0.717) is 25.7 Å². The average Bonchev–Trinajstić information content (AvgIpc) is 1.81. The van der Waals surface area contributed by atoms with Crippen LogP contribution in [0.25, 0.3) is 0 Å². The summed E-state index contributed by atoms with van der Waals surface area (Å²) in [4.78, 5) is 72.7. The molecule has 0 saturated heterocycles. The first kappa shape index (κ1) is 91.0. The fourth-order valence-corrected chi connectivity index (χ4v) is 11.9. The standard InChI is InChI=1S/C75H138O17P2/c1-7-10-12-14-16-18-20-22-24-26-30-35-39-47-53-59-74(79)91-70(63-85-72(77)57-51-45-38-34-32-28-29-33-37-43-49-55-67(4)5)65-89-93(81,82)87-61-69(76)62-88-94(83,84)90-66-71(64-86-73(78)58-52-46-42-41-44-50-56-68(6)9-3)92-75(80)60-54-48-40-36-31-27-25-23-21-19-17-15-13-11-8-2/h18-25,67-71,76H,7-17,26-66H2,1-6H3,(H,81,82)(H,83,84)/b20-18-,21-19-,24-22-,25-23-/t68?,69-,70-,71-/m1/s1. The van der Waals surface area contributed by atoms with Gasteiger partial charge < -0.3 is 33.8 Å². The molecule has 19 heteroatoms. The molecule has 550 valence electrons. The Morgan fingerprint density at radius 1 is 0.351 bits per heavy atom. The van der Waals surface area contributed by atoms with Crippen molar-refractivity contribution in [2.24, 2.45) is 11.8 Å². The van der Waals surface area contributed by atoms with E-state index in [1.54, 1.807) is 0 Å². The van der Waals surface area contributed by atoms with E-state index in [1.807, 2.05) is 0 Å². The van der Waals surface area contributed by atoms with Crippen molar-refractivity contribution >= 4 is 39.5 Å². The highest BCUT2D eigenvalue weighted by molar-refractivity contribution is 7.47. The number of unbranched alkanes of at least 4 members (excludes halogenated alkanes) is 33. The zero-order valence-corrected chi connectivity index (χ0v) is 62.0. The number of hydrogen-bond donors (Lipinski definition) is 3. The molecule has 0 aromatic rings. The van der Waals surface area contributed by atoms with Gasteiger partial charge in [-0.15, -0.1) is 0 Å². The molecule has 0 bridgehead atoms. The highest BCUT2D eigenvalue weighted by atomic mass is 31.2. The molecule has 0 saturated carbocycles. The second-order valence-corrected chi connectivity index (χ2v) is 29.3. The normalized spacial score (nSPS) is 14.7. The number of aliphatic hydroxyl groups is 1. The van der Waals surface area contributed by atoms with Crippen molar-refractivity contribution < 1.29 is 80.2 Å². The topological polar surface area (TPSA) is 237 Å². The molecule has 0 amide bonds. The predicted molar refractivity (Wildman–Crippen MR) is 381 cm³/mol. The van der Waals surface area contributed by atoms with Gasteiger partial charge in [0.2, 0.25) is 0 Å². The van der Waals surface area contributed by atoms with Crippen LogP contribution in [0.5, 0.6) is 0 Å². The Morgan fingerprint density at radius 2 is 0.628 bits per heavy atom. The first-order valence-electron chi connectivity index (χ1n) is 37.7. The molecular weight excluding hydrogens is 1230 g/mol. The van der Waals surface area contributed by atoms with Crippen LogP contribution in [0.3, 0.4) is 0 Å². The smallest absolute Gasteiger partial charge is 0.462 e. The summed E-state index contributed by atoms with van der Waals surface area (Å²) in [5.41, 5.74) is 0. The van der Waals surface area contributed by atoms with Crippen LogP contribution in [0.4, 0.5) is 0 Å². The second-order valence-electron chi connectivity index (χ2n) is 26.4. The summed E-state index contributed by atoms with van der Waals surface area (Å²) < 4.78 is 68.4. The van der Waals surface area contributed by atoms with Gasteiger partial charge in [-0.1, -0.05) is 283 Å². The number of ether oxygens (including phenoxy) is 4. The van der Waals surface area contributed by atoms with E-state index < -0.39 is 97.5 Å². The van der Waals surface area contributed by atoms with Gasteiger partial charge in [0, 0.05) is 25.7 Å². The minimum atomic E-state index is -4.97. The molecule has 0 aliphatic heterocycles. The van der Waals surface area contributed by atoms with Gasteiger partial charge in [-0.2, -0.15) is 0 Å². The van der Waals surface area contributed by atoms with Gasteiger partial charge in [0.15, 0.2) is 12.2 Å². The molecule has 0 rings (SSSR count). The van der Waals surface area contributed by atoms with E-state index in [-0.39, 0.29) is 25.7 Å². The summed E-state index contributed by atoms with van der Waals surface area (Å²) in [6.07, 6.45) is 58.5. The number of rotatable bonds is 70. The summed E-state index contributed by atoms with van der Waals surface area (Å²) in [5.74, 6) is -0.687. The minimum absolute atomic E-state index is 0.0815. The van der Waals surface area contributed by atoms with Crippen molar-refractivity contribution in [3.8, 4) is 0 Å². The molecule has 0 fully saturated rings. The third kappa shape index (κ3) is 66.3. The minimum Gasteiger partial charge on any atom is -0.462 e. The fourth-order valence-electron chi connectivity index (χ4n) is 10.4. The van der Waals surface area contributed by atoms with E-state index in [9.17, 15) is 43.2 Å². The molecule has 3 unspecified atom stereocenters. The molecule has 6 atom stereocenters. The van der Waals surface area contributed by atoms with E-state index in [2.05, 4.69) is 90.2 Å². The van der Waals surface area contributed by atoms with Crippen LogP contribution in [0.1, 0.15) is 337 Å². The zero-order chi connectivity index (χ0) is 69.3. The average molecular weight is 1370 g/mol. The first-order valence-corrected chi connectivity index (χ1v) is 40.7. The molecule has 3 N–H and O–H groups in total. The Balaban J connectivity index is 5.33. The maximum absolute atomic E-state index is 13.1. The SMILES string of the molecule is CCCCCC/C=C\C=C/CCCCCCCC(=O)O[C@H](COC(=O)CCCCCCCCCCCCCC(C)C)COP(=O)(O)OC[C@@H](O)COP(=O)(O)OC[C@@H](COC(=O)CCCCCCCCC(C)CC)OC(=O)CCCCCCC/C=C\C=C/CCCCCC. The Bertz CT molecular complexity index is 2010. The van der Waals surface area contributed by atoms with Crippen LogP contribution < -0.4 is 0 Å². The molecule has 0 aliphatic rings. The maximum atomic E-state index is 13.1. The zero-order valence-electron chi connectivity index (χ0n) is 60.2. The fraction of sp³-hybridized carbons (Fsp3) is 0.840. The molecule has 0 radical (unpaired) electrons. The molecule has 0 aliphatic carbocycles. The van der Waals surface area contributed by atoms with Crippen molar-refractivity contribution in [2.75, 3.05) is 39.6 Å². The molecule has 17 nitrogen and oxygen atoms in total. The Hall–Kier alpha value is -2.98. The number of carbonyl (C=O) groups excluding carboxylic acids is 4. The van der Waals surface area contributed by atoms with E-state index in [0.717, 1.165) is 134 Å². The van der Waals surface area contributed by atoms with Crippen LogP contribution in [0, 0.1) is 11.8 Å². The molecule has 0 heterocycles. The molecular formula is C75H138O17P2. The molecule has 0 aromatic heterocycles. The monoisotopic (exact) mass is 1370 g/mol. The summed E-state index contributed by atoms with van der Waals surface area (Å²) in [6, 6.07) is 0. The van der Waals surface area contributed by atoms with Crippen LogP contribution in [-0.2, 0) is 65.4 Å². The third-order valence-electron chi connectivity index (χ3n) is 16.6. The lowest BCUT2D eigenvalue weighted by molar-refractivity contribution is -0.161. The summed E-state index contributed by atoms with van der Waals surface area (Å²) in [7, 11) is -9.94. The van der Waals surface area contributed by atoms with E-state index >= 15 is 0 Å².